The SMILES string of the molecule is C=CCS(=O)(=O)C(C)C(=O)Nc1ccc(C(C)(C)C)cc1. The van der Waals surface area contributed by atoms with Crippen LogP contribution in [0.5, 0.6) is 0 Å². The van der Waals surface area contributed by atoms with Gasteiger partial charge in [0.2, 0.25) is 5.91 Å². The van der Waals surface area contributed by atoms with Crippen molar-refractivity contribution in [3.05, 3.63) is 42.5 Å². The van der Waals surface area contributed by atoms with E-state index < -0.39 is 21.0 Å². The van der Waals surface area contributed by atoms with E-state index in [4.69, 9.17) is 0 Å². The van der Waals surface area contributed by atoms with E-state index in [0.717, 1.165) is 5.56 Å². The largest absolute Gasteiger partial charge is 0.325 e. The highest BCUT2D eigenvalue weighted by Gasteiger charge is 2.26. The maximum Gasteiger partial charge on any atom is 0.242 e. The minimum Gasteiger partial charge on any atom is -0.325 e. The molecule has 0 aliphatic heterocycles. The number of benzene rings is 1. The first-order chi connectivity index (χ1) is 9.58. The van der Waals surface area contributed by atoms with Crippen LogP contribution in [0.25, 0.3) is 0 Å². The van der Waals surface area contributed by atoms with Crippen LogP contribution in [0.15, 0.2) is 36.9 Å². The molecule has 0 aromatic heterocycles. The van der Waals surface area contributed by atoms with E-state index in [9.17, 15) is 13.2 Å². The number of nitrogens with one attached hydrogen (secondary N) is 1. The van der Waals surface area contributed by atoms with Gasteiger partial charge in [-0.15, -0.1) is 6.58 Å². The Kier molecular flexibility index (Phi) is 5.34. The number of amides is 1. The zero-order valence-electron chi connectivity index (χ0n) is 13.0. The standard InChI is InChI=1S/C16H23NO3S/c1-6-11-21(19,20)12(2)15(18)17-14-9-7-13(8-10-14)16(3,4)5/h6-10,12H,1,11H2,2-5H3,(H,17,18). The molecule has 1 rings (SSSR count). The first kappa shape index (κ1) is 17.4. The molecule has 0 aliphatic carbocycles. The van der Waals surface area contributed by atoms with Crippen molar-refractivity contribution >= 4 is 21.4 Å². The summed E-state index contributed by atoms with van der Waals surface area (Å²) in [6.45, 7) is 11.1. The molecule has 0 bridgehead atoms. The lowest BCUT2D eigenvalue weighted by Crippen LogP contribution is -2.33. The third-order valence-corrected chi connectivity index (χ3v) is 5.27. The molecule has 5 heteroatoms. The van der Waals surface area contributed by atoms with Gasteiger partial charge in [0, 0.05) is 5.69 Å². The molecule has 1 N–H and O–H groups in total. The van der Waals surface area contributed by atoms with Crippen LogP contribution in [0, 0.1) is 0 Å². The number of anilines is 1. The Bertz CT molecular complexity index is 610. The van der Waals surface area contributed by atoms with Crippen LogP contribution in [0.3, 0.4) is 0 Å². The van der Waals surface area contributed by atoms with Crippen molar-refractivity contribution in [1.82, 2.24) is 0 Å². The number of carbonyl (C=O) groups is 1. The van der Waals surface area contributed by atoms with Gasteiger partial charge in [0.25, 0.3) is 0 Å². The van der Waals surface area contributed by atoms with Gasteiger partial charge in [-0.25, -0.2) is 8.42 Å². The van der Waals surface area contributed by atoms with Crippen LogP contribution in [-0.4, -0.2) is 25.3 Å². The Balaban J connectivity index is 2.82. The second-order valence-electron chi connectivity index (χ2n) is 6.08. The van der Waals surface area contributed by atoms with E-state index in [1.54, 1.807) is 12.1 Å². The molecule has 4 nitrogen and oxygen atoms in total. The number of rotatable bonds is 5. The maximum absolute atomic E-state index is 12.0. The maximum atomic E-state index is 12.0. The van der Waals surface area contributed by atoms with Gasteiger partial charge < -0.3 is 5.32 Å². The molecule has 0 spiro atoms. The van der Waals surface area contributed by atoms with Crippen molar-refractivity contribution < 1.29 is 13.2 Å². The molecule has 0 aliphatic rings. The molecular formula is C16H23NO3S. The molecule has 1 atom stereocenters. The van der Waals surface area contributed by atoms with Crippen LogP contribution in [0.4, 0.5) is 5.69 Å². The second kappa shape index (κ2) is 6.43. The molecule has 0 radical (unpaired) electrons. The molecule has 0 saturated heterocycles. The smallest absolute Gasteiger partial charge is 0.242 e. The summed E-state index contributed by atoms with van der Waals surface area (Å²) < 4.78 is 23.6. The first-order valence-corrected chi connectivity index (χ1v) is 8.53. The molecule has 1 aromatic carbocycles. The highest BCUT2D eigenvalue weighted by molar-refractivity contribution is 7.92. The summed E-state index contributed by atoms with van der Waals surface area (Å²) in [7, 11) is -3.49. The Morgan fingerprint density at radius 2 is 1.81 bits per heavy atom. The van der Waals surface area contributed by atoms with E-state index in [2.05, 4.69) is 32.7 Å². The molecule has 0 fully saturated rings. The molecule has 0 heterocycles. The van der Waals surface area contributed by atoms with E-state index in [1.165, 1.54) is 13.0 Å². The summed E-state index contributed by atoms with van der Waals surface area (Å²) in [5, 5.41) is 1.53. The van der Waals surface area contributed by atoms with Crippen LogP contribution >= 0.6 is 0 Å². The predicted octanol–water partition coefficient (Wildman–Crippen LogP) is 2.91. The van der Waals surface area contributed by atoms with Gasteiger partial charge in [0.15, 0.2) is 9.84 Å². The number of hydrogen-bond acceptors (Lipinski definition) is 3. The summed E-state index contributed by atoms with van der Waals surface area (Å²) in [4.78, 5) is 12.0. The van der Waals surface area contributed by atoms with Gasteiger partial charge in [-0.2, -0.15) is 0 Å². The lowest BCUT2D eigenvalue weighted by molar-refractivity contribution is -0.115. The summed E-state index contributed by atoms with van der Waals surface area (Å²) in [6.07, 6.45) is 1.29. The fraction of sp³-hybridized carbons (Fsp3) is 0.438. The topological polar surface area (TPSA) is 63.2 Å². The predicted molar refractivity (Wildman–Crippen MR) is 87.2 cm³/mol. The molecular weight excluding hydrogens is 286 g/mol. The van der Waals surface area contributed by atoms with Crippen LogP contribution in [0.2, 0.25) is 0 Å². The van der Waals surface area contributed by atoms with Gasteiger partial charge in [0.05, 0.1) is 5.75 Å². The second-order valence-corrected chi connectivity index (χ2v) is 8.44. The van der Waals surface area contributed by atoms with Gasteiger partial charge in [-0.3, -0.25) is 4.79 Å². The van der Waals surface area contributed by atoms with Crippen LogP contribution in [-0.2, 0) is 20.0 Å². The Morgan fingerprint density at radius 1 is 1.29 bits per heavy atom. The molecule has 116 valence electrons. The van der Waals surface area contributed by atoms with Crippen molar-refractivity contribution in [2.45, 2.75) is 38.4 Å². The average molecular weight is 309 g/mol. The fourth-order valence-corrected chi connectivity index (χ4v) is 2.77. The van der Waals surface area contributed by atoms with Gasteiger partial charge in [-0.1, -0.05) is 39.0 Å². The highest BCUT2D eigenvalue weighted by Crippen LogP contribution is 2.23. The van der Waals surface area contributed by atoms with Crippen LogP contribution < -0.4 is 5.32 Å². The molecule has 1 aromatic rings. The van der Waals surface area contributed by atoms with Gasteiger partial charge >= 0.3 is 0 Å². The van der Waals surface area contributed by atoms with Crippen molar-refractivity contribution in [1.29, 1.82) is 0 Å². The van der Waals surface area contributed by atoms with Crippen molar-refractivity contribution in [3.8, 4) is 0 Å². The number of hydrogen-bond donors (Lipinski definition) is 1. The van der Waals surface area contributed by atoms with E-state index in [1.807, 2.05) is 12.1 Å². The van der Waals surface area contributed by atoms with Crippen LogP contribution in [0.1, 0.15) is 33.3 Å². The van der Waals surface area contributed by atoms with E-state index >= 15 is 0 Å². The lowest BCUT2D eigenvalue weighted by atomic mass is 9.87. The lowest BCUT2D eigenvalue weighted by Gasteiger charge is -2.19. The minimum absolute atomic E-state index is 0.0309. The number of sulfone groups is 1. The molecule has 21 heavy (non-hydrogen) atoms. The summed E-state index contributed by atoms with van der Waals surface area (Å²) >= 11 is 0. The monoisotopic (exact) mass is 309 g/mol. The van der Waals surface area contributed by atoms with Crippen molar-refractivity contribution in [2.75, 3.05) is 11.1 Å². The zero-order chi connectivity index (χ0) is 16.3. The third-order valence-electron chi connectivity index (χ3n) is 3.28. The quantitative estimate of drug-likeness (QED) is 0.851. The normalized spacial score (nSPS) is 13.5. The molecule has 1 amide bonds. The summed E-state index contributed by atoms with van der Waals surface area (Å²) in [5.74, 6) is -0.731. The van der Waals surface area contributed by atoms with E-state index in [-0.39, 0.29) is 11.2 Å². The Labute approximate surface area is 127 Å². The van der Waals surface area contributed by atoms with E-state index in [0.29, 0.717) is 5.69 Å². The average Bonchev–Trinajstić information content (AvgIpc) is 2.37. The summed E-state index contributed by atoms with van der Waals surface area (Å²) in [5.41, 5.74) is 1.77. The van der Waals surface area contributed by atoms with Crippen molar-refractivity contribution in [2.24, 2.45) is 0 Å². The van der Waals surface area contributed by atoms with Gasteiger partial charge in [-0.05, 0) is 30.0 Å². The molecule has 0 saturated carbocycles. The minimum atomic E-state index is -3.49. The van der Waals surface area contributed by atoms with Crippen molar-refractivity contribution in [3.63, 3.8) is 0 Å². The zero-order valence-corrected chi connectivity index (χ0v) is 13.8. The highest BCUT2D eigenvalue weighted by atomic mass is 32.2. The summed E-state index contributed by atoms with van der Waals surface area (Å²) in [6, 6.07) is 7.42. The fourth-order valence-electron chi connectivity index (χ4n) is 1.77. The third kappa shape index (κ3) is 4.70. The Hall–Kier alpha value is -1.62. The number of carbonyl (C=O) groups excluding carboxylic acids is 1. The van der Waals surface area contributed by atoms with Gasteiger partial charge in [0.1, 0.15) is 5.25 Å². The Morgan fingerprint density at radius 3 is 2.24 bits per heavy atom. The first-order valence-electron chi connectivity index (χ1n) is 6.82. The molecule has 1 unspecified atom stereocenters.